The van der Waals surface area contributed by atoms with Gasteiger partial charge in [-0.1, -0.05) is 33.7 Å². The SMILES string of the molecule is C#Cc1ccc(OC)cc1.CCOP(C)(=O)c1cc(Br)cc(CO)n1.CCOP(C)(=O)c1cc(C#Cc2ccc(OC)cc2)cc(CO)n1. The number of hydrogen-bond donors (Lipinski definition) is 2. The molecular formula is C36H41BrN2O8P2. The van der Waals surface area contributed by atoms with Crippen molar-refractivity contribution in [3.8, 4) is 35.7 Å². The highest BCUT2D eigenvalue weighted by Gasteiger charge is 2.22. The van der Waals surface area contributed by atoms with Gasteiger partial charge in [-0.2, -0.15) is 0 Å². The van der Waals surface area contributed by atoms with Crippen molar-refractivity contribution in [1.82, 2.24) is 9.97 Å². The summed E-state index contributed by atoms with van der Waals surface area (Å²) in [6, 6.07) is 21.4. The number of halogens is 1. The van der Waals surface area contributed by atoms with Crippen molar-refractivity contribution >= 4 is 41.5 Å². The van der Waals surface area contributed by atoms with E-state index in [9.17, 15) is 14.2 Å². The van der Waals surface area contributed by atoms with Gasteiger partial charge in [0.1, 0.15) is 22.4 Å². The minimum absolute atomic E-state index is 0.182. The number of methoxy groups -OCH3 is 2. The van der Waals surface area contributed by atoms with Crippen molar-refractivity contribution in [2.24, 2.45) is 0 Å². The number of pyridine rings is 2. The molecule has 0 aliphatic heterocycles. The molecule has 4 aromatic rings. The van der Waals surface area contributed by atoms with Gasteiger partial charge >= 0.3 is 0 Å². The fourth-order valence-electron chi connectivity index (χ4n) is 3.89. The van der Waals surface area contributed by atoms with Gasteiger partial charge in [-0.15, -0.1) is 6.42 Å². The molecule has 2 aromatic carbocycles. The van der Waals surface area contributed by atoms with E-state index in [4.69, 9.17) is 30.1 Å². The first kappa shape index (κ1) is 41.4. The van der Waals surface area contributed by atoms with Crippen molar-refractivity contribution in [2.45, 2.75) is 27.1 Å². The van der Waals surface area contributed by atoms with E-state index in [1.807, 2.05) is 48.5 Å². The third-order valence-electron chi connectivity index (χ3n) is 6.30. The molecule has 2 atom stereocenters. The van der Waals surface area contributed by atoms with E-state index in [1.165, 1.54) is 13.3 Å². The fourth-order valence-corrected chi connectivity index (χ4v) is 7.16. The minimum Gasteiger partial charge on any atom is -0.497 e. The van der Waals surface area contributed by atoms with Gasteiger partial charge in [0.2, 0.25) is 14.7 Å². The third-order valence-corrected chi connectivity index (χ3v) is 10.4. The van der Waals surface area contributed by atoms with Crippen LogP contribution >= 0.6 is 30.7 Å². The summed E-state index contributed by atoms with van der Waals surface area (Å²) in [5.74, 6) is 10.2. The van der Waals surface area contributed by atoms with Crippen LogP contribution in [0, 0.1) is 24.2 Å². The maximum Gasteiger partial charge on any atom is 0.247 e. The Morgan fingerprint density at radius 2 is 1.12 bits per heavy atom. The number of hydrogen-bond acceptors (Lipinski definition) is 10. The number of nitrogens with zero attached hydrogens (tertiary/aromatic N) is 2. The van der Waals surface area contributed by atoms with Crippen LogP contribution < -0.4 is 20.3 Å². The lowest BCUT2D eigenvalue weighted by Crippen LogP contribution is -2.14. The second-order valence-corrected chi connectivity index (χ2v) is 15.8. The summed E-state index contributed by atoms with van der Waals surface area (Å²) in [4.78, 5) is 8.27. The summed E-state index contributed by atoms with van der Waals surface area (Å²) >= 11 is 3.27. The number of aliphatic hydroxyl groups excluding tert-OH is 2. The lowest BCUT2D eigenvalue weighted by Gasteiger charge is -2.13. The standard InChI is InChI=1S/C18H20NO4P.C9H13BrNO3P.C9H8O/c1-4-23-24(3,21)18-12-15(11-16(13-20)19-18)6-5-14-7-9-17(22-2)10-8-14;1-3-14-15(2,13)9-5-7(10)4-8(6-12)11-9;1-3-8-4-6-9(10-2)7-5-8/h7-12,20H,4,13H2,1-3H3;4-5,12H,3,6H2,1-2H3;1,4-7H,2H3. The molecule has 0 spiro atoms. The molecule has 0 aliphatic carbocycles. The van der Waals surface area contributed by atoms with Crippen LogP contribution in [0.2, 0.25) is 0 Å². The Morgan fingerprint density at radius 1 is 0.694 bits per heavy atom. The highest BCUT2D eigenvalue weighted by molar-refractivity contribution is 9.10. The van der Waals surface area contributed by atoms with E-state index >= 15 is 0 Å². The lowest BCUT2D eigenvalue weighted by atomic mass is 10.2. The van der Waals surface area contributed by atoms with Crippen LogP contribution in [-0.2, 0) is 31.4 Å². The predicted molar refractivity (Wildman–Crippen MR) is 198 cm³/mol. The molecule has 10 nitrogen and oxygen atoms in total. The zero-order chi connectivity index (χ0) is 36.5. The van der Waals surface area contributed by atoms with E-state index in [0.717, 1.165) is 27.1 Å². The first-order chi connectivity index (χ1) is 23.3. The molecule has 0 fully saturated rings. The molecule has 49 heavy (non-hydrogen) atoms. The summed E-state index contributed by atoms with van der Waals surface area (Å²) < 4.78 is 45.9. The molecule has 2 N–H and O–H groups in total. The van der Waals surface area contributed by atoms with Gasteiger partial charge in [-0.25, -0.2) is 9.97 Å². The topological polar surface area (TPSA) is 137 Å². The van der Waals surface area contributed by atoms with Crippen LogP contribution in [0.1, 0.15) is 41.9 Å². The number of aliphatic hydroxyl groups is 2. The smallest absolute Gasteiger partial charge is 0.247 e. The lowest BCUT2D eigenvalue weighted by molar-refractivity contribution is 0.276. The summed E-state index contributed by atoms with van der Waals surface area (Å²) in [5.41, 5.74) is 3.90. The molecule has 260 valence electrons. The highest BCUT2D eigenvalue weighted by atomic mass is 79.9. The maximum absolute atomic E-state index is 12.6. The first-order valence-electron chi connectivity index (χ1n) is 15.0. The van der Waals surface area contributed by atoms with Crippen LogP contribution in [0.5, 0.6) is 11.5 Å². The molecule has 0 saturated heterocycles. The monoisotopic (exact) mass is 770 g/mol. The maximum atomic E-state index is 12.6. The van der Waals surface area contributed by atoms with Crippen LogP contribution in [-0.4, -0.2) is 60.9 Å². The van der Waals surface area contributed by atoms with E-state index in [1.54, 1.807) is 52.3 Å². The predicted octanol–water partition coefficient (Wildman–Crippen LogP) is 6.13. The molecular weight excluding hydrogens is 730 g/mol. The second-order valence-electron chi connectivity index (χ2n) is 10.0. The Hall–Kier alpha value is -3.76. The zero-order valence-electron chi connectivity index (χ0n) is 28.3. The minimum atomic E-state index is -3.02. The number of rotatable bonds is 10. The van der Waals surface area contributed by atoms with E-state index in [0.29, 0.717) is 41.0 Å². The van der Waals surface area contributed by atoms with Crippen molar-refractivity contribution in [2.75, 3.05) is 40.8 Å². The Kier molecular flexibility index (Phi) is 17.5. The van der Waals surface area contributed by atoms with Gasteiger partial charge in [-0.05, 0) is 86.6 Å². The van der Waals surface area contributed by atoms with Crippen molar-refractivity contribution in [3.63, 3.8) is 0 Å². The Morgan fingerprint density at radius 3 is 1.55 bits per heavy atom. The van der Waals surface area contributed by atoms with Crippen molar-refractivity contribution in [1.29, 1.82) is 0 Å². The molecule has 0 saturated carbocycles. The summed E-state index contributed by atoms with van der Waals surface area (Å²) in [7, 11) is -2.65. The van der Waals surface area contributed by atoms with Crippen LogP contribution in [0.4, 0.5) is 0 Å². The largest absolute Gasteiger partial charge is 0.497 e. The van der Waals surface area contributed by atoms with Crippen LogP contribution in [0.25, 0.3) is 0 Å². The summed E-state index contributed by atoms with van der Waals surface area (Å²) in [6.07, 6.45) is 5.15. The molecule has 2 aromatic heterocycles. The molecule has 4 rings (SSSR count). The Labute approximate surface area is 297 Å². The number of benzene rings is 2. The van der Waals surface area contributed by atoms with Crippen molar-refractivity contribution < 1.29 is 37.9 Å². The second kappa shape index (κ2) is 20.7. The Bertz CT molecular complexity index is 1850. The summed E-state index contributed by atoms with van der Waals surface area (Å²) in [5, 5.41) is 18.3. The van der Waals surface area contributed by atoms with E-state index in [2.05, 4.69) is 43.7 Å². The first-order valence-corrected chi connectivity index (χ1v) is 19.9. The van der Waals surface area contributed by atoms with Gasteiger partial charge in [-0.3, -0.25) is 9.13 Å². The van der Waals surface area contributed by atoms with Crippen molar-refractivity contribution in [3.05, 3.63) is 105 Å². The number of aromatic nitrogens is 2. The van der Waals surface area contributed by atoms with Gasteiger partial charge in [0.15, 0.2) is 0 Å². The molecule has 0 radical (unpaired) electrons. The number of ether oxygens (including phenoxy) is 2. The van der Waals surface area contributed by atoms with E-state index in [-0.39, 0.29) is 13.2 Å². The molecule has 2 heterocycles. The molecule has 0 aliphatic rings. The average Bonchev–Trinajstić information content (AvgIpc) is 3.11. The highest BCUT2D eigenvalue weighted by Crippen LogP contribution is 2.41. The molecule has 0 amide bonds. The van der Waals surface area contributed by atoms with Crippen LogP contribution in [0.15, 0.2) is 77.3 Å². The fraction of sp³-hybridized carbons (Fsp3) is 0.278. The molecule has 2 unspecified atom stereocenters. The van der Waals surface area contributed by atoms with Gasteiger partial charge < -0.3 is 28.7 Å². The van der Waals surface area contributed by atoms with Gasteiger partial charge in [0, 0.05) is 34.5 Å². The average molecular weight is 772 g/mol. The molecule has 13 heteroatoms. The quantitative estimate of drug-likeness (QED) is 0.143. The van der Waals surface area contributed by atoms with Gasteiger partial charge in [0.05, 0.1) is 52.0 Å². The van der Waals surface area contributed by atoms with E-state index < -0.39 is 14.7 Å². The zero-order valence-corrected chi connectivity index (χ0v) is 31.7. The third kappa shape index (κ3) is 13.9. The van der Waals surface area contributed by atoms with Crippen LogP contribution in [0.3, 0.4) is 0 Å². The Balaban J connectivity index is 0.000000283. The van der Waals surface area contributed by atoms with Gasteiger partial charge in [0.25, 0.3) is 0 Å². The number of terminal acetylenes is 1. The summed E-state index contributed by atoms with van der Waals surface area (Å²) in [6.45, 7) is 6.85. The molecule has 0 bridgehead atoms. The normalized spacial score (nSPS) is 12.6.